The van der Waals surface area contributed by atoms with Crippen molar-refractivity contribution in [3.8, 4) is 0 Å². The Labute approximate surface area is 178 Å². The van der Waals surface area contributed by atoms with Gasteiger partial charge in [-0.1, -0.05) is 11.6 Å². The topological polar surface area (TPSA) is 161 Å². The van der Waals surface area contributed by atoms with Crippen LogP contribution in [0.1, 0.15) is 43.6 Å². The van der Waals surface area contributed by atoms with E-state index in [2.05, 4.69) is 30.3 Å². The SMILES string of the molecule is CCOC(=O)/N=C(\NC(=O)OCC)NC(=O)c1nc(Cl)c(N2CCCCC2)nc1N. The first-order valence-electron chi connectivity index (χ1n) is 9.44. The van der Waals surface area contributed by atoms with E-state index in [9.17, 15) is 14.4 Å². The van der Waals surface area contributed by atoms with Crippen molar-refractivity contribution >= 4 is 47.3 Å². The summed E-state index contributed by atoms with van der Waals surface area (Å²) < 4.78 is 9.39. The Morgan fingerprint density at radius 3 is 2.40 bits per heavy atom. The monoisotopic (exact) mass is 441 g/mol. The number of nitrogens with one attached hydrogen (secondary N) is 2. The van der Waals surface area contributed by atoms with Gasteiger partial charge in [-0.15, -0.1) is 4.99 Å². The predicted molar refractivity (Wildman–Crippen MR) is 110 cm³/mol. The Kier molecular flexibility index (Phi) is 8.59. The Bertz CT molecular complexity index is 827. The van der Waals surface area contributed by atoms with Crippen LogP contribution in [0.5, 0.6) is 0 Å². The molecular formula is C17H24ClN7O5. The molecule has 164 valence electrons. The van der Waals surface area contributed by atoms with E-state index in [0.717, 1.165) is 32.4 Å². The van der Waals surface area contributed by atoms with Crippen molar-refractivity contribution in [3.05, 3.63) is 10.8 Å². The van der Waals surface area contributed by atoms with Crippen LogP contribution in [-0.4, -0.2) is 60.3 Å². The smallest absolute Gasteiger partial charge is 0.436 e. The lowest BCUT2D eigenvalue weighted by Crippen LogP contribution is -2.45. The standard InChI is InChI=1S/C17H24ClN7O5/c1-3-29-16(27)23-15(24-17(28)30-4-2)22-14(26)10-12(19)21-13(11(18)20-10)25-8-6-5-7-9-25/h3-9H2,1-2H3,(H2,19,21)(H2,22,23,24,26,27,28). The number of hydrogen-bond donors (Lipinski definition) is 3. The second kappa shape index (κ2) is 11.1. The predicted octanol–water partition coefficient (Wildman–Crippen LogP) is 1.69. The van der Waals surface area contributed by atoms with Crippen molar-refractivity contribution in [2.45, 2.75) is 33.1 Å². The maximum atomic E-state index is 12.6. The Morgan fingerprint density at radius 1 is 1.10 bits per heavy atom. The van der Waals surface area contributed by atoms with Crippen molar-refractivity contribution in [2.24, 2.45) is 4.99 Å². The number of alkyl carbamates (subject to hydrolysis) is 1. The summed E-state index contributed by atoms with van der Waals surface area (Å²) in [4.78, 5) is 49.6. The summed E-state index contributed by atoms with van der Waals surface area (Å²) in [7, 11) is 0. The number of piperidine rings is 1. The molecule has 4 N–H and O–H groups in total. The molecule has 0 saturated carbocycles. The molecule has 0 aromatic carbocycles. The lowest BCUT2D eigenvalue weighted by atomic mass is 10.1. The van der Waals surface area contributed by atoms with Crippen LogP contribution in [0.4, 0.5) is 21.2 Å². The number of anilines is 2. The Hall–Kier alpha value is -3.15. The third-order valence-corrected chi connectivity index (χ3v) is 4.19. The number of aromatic nitrogens is 2. The number of nitrogen functional groups attached to an aromatic ring is 1. The summed E-state index contributed by atoms with van der Waals surface area (Å²) in [6.07, 6.45) is 1.15. The summed E-state index contributed by atoms with van der Waals surface area (Å²) >= 11 is 6.22. The van der Waals surface area contributed by atoms with E-state index in [-0.39, 0.29) is 29.9 Å². The number of ether oxygens (including phenoxy) is 2. The van der Waals surface area contributed by atoms with Crippen LogP contribution in [0.3, 0.4) is 0 Å². The van der Waals surface area contributed by atoms with Gasteiger partial charge in [0.1, 0.15) is 0 Å². The molecule has 1 fully saturated rings. The molecule has 0 unspecified atom stereocenters. The number of amides is 3. The zero-order valence-corrected chi connectivity index (χ0v) is 17.5. The highest BCUT2D eigenvalue weighted by Crippen LogP contribution is 2.26. The number of rotatable bonds is 4. The average molecular weight is 442 g/mol. The van der Waals surface area contributed by atoms with Crippen LogP contribution in [0, 0.1) is 0 Å². The molecule has 3 amide bonds. The van der Waals surface area contributed by atoms with Crippen LogP contribution in [0.2, 0.25) is 5.15 Å². The van der Waals surface area contributed by atoms with Gasteiger partial charge in [0.05, 0.1) is 13.2 Å². The number of nitrogens with zero attached hydrogens (tertiary/aromatic N) is 4. The fraction of sp³-hybridized carbons (Fsp3) is 0.529. The zero-order chi connectivity index (χ0) is 22.1. The molecule has 13 heteroatoms. The van der Waals surface area contributed by atoms with E-state index in [1.54, 1.807) is 13.8 Å². The van der Waals surface area contributed by atoms with Gasteiger partial charge in [0, 0.05) is 13.1 Å². The normalized spacial score (nSPS) is 14.1. The minimum absolute atomic E-state index is 0.0125. The first kappa shape index (κ1) is 23.1. The summed E-state index contributed by atoms with van der Waals surface area (Å²) in [5.41, 5.74) is 5.62. The van der Waals surface area contributed by atoms with Gasteiger partial charge in [-0.3, -0.25) is 15.4 Å². The van der Waals surface area contributed by atoms with Crippen LogP contribution in [-0.2, 0) is 9.47 Å². The minimum atomic E-state index is -1.03. The molecule has 2 rings (SSSR count). The summed E-state index contributed by atoms with van der Waals surface area (Å²) in [5.74, 6) is -1.17. The molecule has 1 aromatic heterocycles. The summed E-state index contributed by atoms with van der Waals surface area (Å²) in [6.45, 7) is 4.81. The van der Waals surface area contributed by atoms with E-state index in [4.69, 9.17) is 22.1 Å². The molecule has 0 aliphatic carbocycles. The van der Waals surface area contributed by atoms with Gasteiger partial charge in [-0.05, 0) is 33.1 Å². The summed E-state index contributed by atoms with van der Waals surface area (Å²) in [5, 5.41) is 4.37. The number of guanidine groups is 1. The second-order valence-electron chi connectivity index (χ2n) is 6.08. The summed E-state index contributed by atoms with van der Waals surface area (Å²) in [6, 6.07) is 0. The van der Waals surface area contributed by atoms with Crippen LogP contribution in [0.25, 0.3) is 0 Å². The number of hydrogen-bond acceptors (Lipinski definition) is 9. The third-order valence-electron chi connectivity index (χ3n) is 3.93. The molecule has 0 spiro atoms. The second-order valence-corrected chi connectivity index (χ2v) is 6.44. The molecule has 0 atom stereocenters. The van der Waals surface area contributed by atoms with Gasteiger partial charge in [-0.25, -0.2) is 19.6 Å². The van der Waals surface area contributed by atoms with Crippen LogP contribution < -0.4 is 21.3 Å². The molecule has 0 bridgehead atoms. The molecule has 30 heavy (non-hydrogen) atoms. The van der Waals surface area contributed by atoms with E-state index in [1.165, 1.54) is 0 Å². The molecule has 1 aliphatic heterocycles. The fourth-order valence-corrected chi connectivity index (χ4v) is 2.90. The van der Waals surface area contributed by atoms with Crippen molar-refractivity contribution in [1.82, 2.24) is 20.6 Å². The average Bonchev–Trinajstić information content (AvgIpc) is 2.70. The Morgan fingerprint density at radius 2 is 1.77 bits per heavy atom. The molecule has 2 heterocycles. The van der Waals surface area contributed by atoms with E-state index in [0.29, 0.717) is 5.82 Å². The van der Waals surface area contributed by atoms with Gasteiger partial charge in [0.15, 0.2) is 22.5 Å². The number of carbonyl (C=O) groups is 3. The number of carbonyl (C=O) groups excluding carboxylic acids is 3. The number of nitrogens with two attached hydrogens (primary N) is 1. The van der Waals surface area contributed by atoms with Crippen molar-refractivity contribution < 1.29 is 23.9 Å². The van der Waals surface area contributed by atoms with Crippen molar-refractivity contribution in [1.29, 1.82) is 0 Å². The Balaban J connectivity index is 2.22. The van der Waals surface area contributed by atoms with E-state index in [1.807, 2.05) is 4.90 Å². The first-order valence-corrected chi connectivity index (χ1v) is 9.82. The van der Waals surface area contributed by atoms with Gasteiger partial charge in [-0.2, -0.15) is 0 Å². The van der Waals surface area contributed by atoms with E-state index >= 15 is 0 Å². The zero-order valence-electron chi connectivity index (χ0n) is 16.7. The molecule has 1 aromatic rings. The maximum Gasteiger partial charge on any atom is 0.436 e. The maximum absolute atomic E-state index is 12.6. The highest BCUT2D eigenvalue weighted by Gasteiger charge is 2.23. The fourth-order valence-electron chi connectivity index (χ4n) is 2.66. The minimum Gasteiger partial charge on any atom is -0.450 e. The molecular weight excluding hydrogens is 418 g/mol. The largest absolute Gasteiger partial charge is 0.450 e. The third kappa shape index (κ3) is 6.44. The van der Waals surface area contributed by atoms with Crippen LogP contribution in [0.15, 0.2) is 4.99 Å². The van der Waals surface area contributed by atoms with Gasteiger partial charge in [0.25, 0.3) is 5.91 Å². The van der Waals surface area contributed by atoms with E-state index < -0.39 is 24.1 Å². The molecule has 1 aliphatic rings. The van der Waals surface area contributed by atoms with Crippen LogP contribution >= 0.6 is 11.6 Å². The highest BCUT2D eigenvalue weighted by molar-refractivity contribution is 6.32. The van der Waals surface area contributed by atoms with Crippen molar-refractivity contribution in [2.75, 3.05) is 36.9 Å². The molecule has 0 radical (unpaired) electrons. The van der Waals surface area contributed by atoms with Gasteiger partial charge < -0.3 is 20.1 Å². The first-order chi connectivity index (χ1) is 14.3. The lowest BCUT2D eigenvalue weighted by Gasteiger charge is -2.28. The van der Waals surface area contributed by atoms with Gasteiger partial charge >= 0.3 is 12.2 Å². The quantitative estimate of drug-likeness (QED) is 0.466. The molecule has 12 nitrogen and oxygen atoms in total. The number of aliphatic imine (C=N–C) groups is 1. The lowest BCUT2D eigenvalue weighted by molar-refractivity contribution is 0.0971. The highest BCUT2D eigenvalue weighted by atomic mass is 35.5. The molecule has 1 saturated heterocycles. The van der Waals surface area contributed by atoms with Crippen molar-refractivity contribution in [3.63, 3.8) is 0 Å². The number of halogens is 1. The van der Waals surface area contributed by atoms with Gasteiger partial charge in [0.2, 0.25) is 5.96 Å².